The molecule has 4 bridgehead atoms. The zero-order valence-corrected chi connectivity index (χ0v) is 31.1. The Morgan fingerprint density at radius 3 is 1.83 bits per heavy atom. The molecule has 288 valence electrons. The molecule has 12 rings (SSSR count). The van der Waals surface area contributed by atoms with Crippen molar-refractivity contribution in [2.75, 3.05) is 40.3 Å². The summed E-state index contributed by atoms with van der Waals surface area (Å²) in [6.07, 6.45) is 6.63. The quantitative estimate of drug-likeness (QED) is 0.249. The number of aromatic hydroxyl groups is 2. The summed E-state index contributed by atoms with van der Waals surface area (Å²) >= 11 is 0. The maximum atomic E-state index is 12.8. The van der Waals surface area contributed by atoms with Gasteiger partial charge in [-0.1, -0.05) is 12.1 Å². The minimum atomic E-state index is -2.19. The Morgan fingerprint density at radius 2 is 1.28 bits per heavy atom. The lowest BCUT2D eigenvalue weighted by atomic mass is 9.48. The average molecular weight is 745 g/mol. The second kappa shape index (κ2) is 10.1. The highest BCUT2D eigenvalue weighted by Gasteiger charge is 2.84. The van der Waals surface area contributed by atoms with E-state index in [1.165, 1.54) is 25.7 Å². The number of carbonyl (C=O) groups excluding carboxylic acids is 1. The summed E-state index contributed by atoms with van der Waals surface area (Å²) in [5.41, 5.74) is -2.35. The lowest BCUT2D eigenvalue weighted by Gasteiger charge is -2.64. The number of benzene rings is 2. The summed E-state index contributed by atoms with van der Waals surface area (Å²) in [7, 11) is 4.48. The van der Waals surface area contributed by atoms with Crippen molar-refractivity contribution < 1.29 is 58.7 Å². The third-order valence-corrected chi connectivity index (χ3v) is 16.9. The fourth-order valence-corrected chi connectivity index (χ4v) is 14.2. The fraction of sp³-hybridized carbons (Fsp3) is 0.667. The van der Waals surface area contributed by atoms with Crippen LogP contribution in [0.1, 0.15) is 80.0 Å². The number of likely N-dealkylation sites (N-methyl/N-ethyl adjacent to an activating group) is 2. The van der Waals surface area contributed by atoms with Crippen LogP contribution in [0.2, 0.25) is 0 Å². The van der Waals surface area contributed by atoms with Crippen molar-refractivity contribution in [2.24, 2.45) is 11.8 Å². The van der Waals surface area contributed by atoms with E-state index in [1.807, 2.05) is 12.1 Å². The van der Waals surface area contributed by atoms with Gasteiger partial charge in [-0.25, -0.2) is 4.79 Å². The number of carboxylic acid groups (broad SMARTS) is 1. The number of ether oxygens (including phenoxy) is 2. The molecule has 6 aliphatic carbocycles. The molecule has 0 aromatic heterocycles. The van der Waals surface area contributed by atoms with Crippen LogP contribution in [0.25, 0.3) is 0 Å². The van der Waals surface area contributed by atoms with Gasteiger partial charge in [0, 0.05) is 61.5 Å². The van der Waals surface area contributed by atoms with Gasteiger partial charge in [-0.05, 0) is 55.4 Å². The minimum Gasteiger partial charge on any atom is -0.504 e. The van der Waals surface area contributed by atoms with Crippen LogP contribution in [0.3, 0.4) is 0 Å². The minimum absolute atomic E-state index is 0.0585. The van der Waals surface area contributed by atoms with Gasteiger partial charge in [-0.3, -0.25) is 4.79 Å². The number of phenolic OH excluding ortho intramolecular Hbond substituents is 2. The number of likely N-dealkylation sites (tertiary alicyclic amines) is 2. The normalized spacial score (nSPS) is 46.4. The lowest BCUT2D eigenvalue weighted by molar-refractivity contribution is -0.950. The second-order valence-electron chi connectivity index (χ2n) is 19.7. The zero-order chi connectivity index (χ0) is 37.6. The van der Waals surface area contributed by atoms with Crippen molar-refractivity contribution in [1.82, 2.24) is 0 Å². The summed E-state index contributed by atoms with van der Waals surface area (Å²) in [5.74, 6) is 0.902. The number of Topliss-reactive ketones (excluding diaryl/α,β-unsaturated/α-hetero) is 1. The number of hydrogen-bond donors (Lipinski definition) is 6. The SMILES string of the molecule is C[N+]1(CC2CC2)CC[C@]23c4c5ccc(O)c4O[C@H]2C(=O)CC[C@@]3(O)[C@H]1C5.C[N+]1(CC2CC2)CC[C@]23c4c5ccc(O)c4O[C@H]2[C@](O)(C(=O)O)C[C@@]3(O)[C@H]1C5. The molecule has 2 saturated heterocycles. The summed E-state index contributed by atoms with van der Waals surface area (Å²) in [5, 5.41) is 66.2. The Kier molecular flexibility index (Phi) is 6.34. The molecule has 0 radical (unpaired) electrons. The van der Waals surface area contributed by atoms with Crippen molar-refractivity contribution in [1.29, 1.82) is 0 Å². The number of hydrogen-bond acceptors (Lipinski definition) is 9. The van der Waals surface area contributed by atoms with Gasteiger partial charge in [0.15, 0.2) is 41.0 Å². The van der Waals surface area contributed by atoms with Gasteiger partial charge in [0.1, 0.15) is 23.3 Å². The van der Waals surface area contributed by atoms with E-state index in [0.717, 1.165) is 71.7 Å². The van der Waals surface area contributed by atoms with Gasteiger partial charge in [0.2, 0.25) is 5.60 Å². The van der Waals surface area contributed by atoms with Crippen LogP contribution in [0.5, 0.6) is 23.0 Å². The Morgan fingerprint density at radius 1 is 0.759 bits per heavy atom. The molecule has 4 saturated carbocycles. The molecular weight excluding hydrogens is 692 g/mol. The molecule has 2 aromatic carbocycles. The smallest absolute Gasteiger partial charge is 0.339 e. The van der Waals surface area contributed by atoms with E-state index in [2.05, 4.69) is 14.1 Å². The Bertz CT molecular complexity index is 2070. The van der Waals surface area contributed by atoms with Crippen LogP contribution in [-0.2, 0) is 33.3 Å². The van der Waals surface area contributed by atoms with Gasteiger partial charge in [0.05, 0.1) is 51.1 Å². The molecule has 10 aliphatic rings. The van der Waals surface area contributed by atoms with Crippen LogP contribution in [0, 0.1) is 11.8 Å². The number of piperidine rings is 2. The molecule has 2 aromatic rings. The van der Waals surface area contributed by atoms with Crippen molar-refractivity contribution >= 4 is 11.8 Å². The first-order valence-corrected chi connectivity index (χ1v) is 20.2. The number of aliphatic hydroxyl groups is 3. The van der Waals surface area contributed by atoms with Crippen LogP contribution in [-0.4, -0.2) is 133 Å². The molecule has 11 atom stereocenters. The van der Waals surface area contributed by atoms with Gasteiger partial charge < -0.3 is 49.1 Å². The van der Waals surface area contributed by atoms with Crippen LogP contribution in [0.4, 0.5) is 0 Å². The number of carbonyl (C=O) groups is 2. The third kappa shape index (κ3) is 3.78. The maximum Gasteiger partial charge on any atom is 0.339 e. The molecular formula is C42H52N2O10+2. The number of quaternary nitrogens is 2. The van der Waals surface area contributed by atoms with Crippen LogP contribution in [0.15, 0.2) is 24.3 Å². The standard InChI is InChI=1S/C21H25NO6.C21H25NO4/c1-22(9-11-2-3-11)7-6-19-15-12-4-5-13(23)16(15)28-17(19)20(26,18(24)25)10-21(19,27)14(22)8-12;1-22(11-12-2-3-12)9-8-20-17-13-4-5-14(23)18(17)26-19(20)15(24)6-7-21(20,25)16(22)10-13/h4-5,11,14,17,26-27H,2-3,6-10H2,1H3,(H-,23,24,25);4-5,12,16,19,25H,2-3,6-11H2,1H3/p+2/t14-,17-,19+,20+,21-,22?;16-,19+,20+,21-,22?/m11/s1. The van der Waals surface area contributed by atoms with Crippen LogP contribution >= 0.6 is 0 Å². The second-order valence-corrected chi connectivity index (χ2v) is 19.7. The number of ketones is 1. The van der Waals surface area contributed by atoms with E-state index in [0.29, 0.717) is 41.8 Å². The van der Waals surface area contributed by atoms with Crippen LogP contribution < -0.4 is 9.47 Å². The summed E-state index contributed by atoms with van der Waals surface area (Å²) in [6.45, 7) is 3.86. The number of aliphatic carboxylic acids is 1. The molecule has 12 nitrogen and oxygen atoms in total. The zero-order valence-electron chi connectivity index (χ0n) is 31.1. The number of carboxylic acids is 1. The highest BCUT2D eigenvalue weighted by atomic mass is 16.5. The fourth-order valence-electron chi connectivity index (χ4n) is 14.2. The molecule has 4 aliphatic heterocycles. The van der Waals surface area contributed by atoms with Crippen molar-refractivity contribution in [2.45, 2.75) is 123 Å². The lowest BCUT2D eigenvalue weighted by Crippen LogP contribution is -2.80. The largest absolute Gasteiger partial charge is 0.504 e. The summed E-state index contributed by atoms with van der Waals surface area (Å²) < 4.78 is 13.7. The molecule has 2 spiro atoms. The molecule has 12 heteroatoms. The van der Waals surface area contributed by atoms with E-state index < -0.39 is 45.8 Å². The summed E-state index contributed by atoms with van der Waals surface area (Å²) in [4.78, 5) is 24.9. The predicted octanol–water partition coefficient (Wildman–Crippen LogP) is 2.20. The third-order valence-electron chi connectivity index (χ3n) is 16.9. The molecule has 6 fully saturated rings. The summed E-state index contributed by atoms with van der Waals surface area (Å²) in [6, 6.07) is 7.03. The first-order chi connectivity index (χ1) is 25.5. The molecule has 0 amide bonds. The molecule has 54 heavy (non-hydrogen) atoms. The van der Waals surface area contributed by atoms with E-state index in [4.69, 9.17) is 9.47 Å². The Balaban J connectivity index is 0.000000127. The van der Waals surface area contributed by atoms with Gasteiger partial charge in [-0.2, -0.15) is 0 Å². The topological polar surface area (TPSA) is 174 Å². The van der Waals surface area contributed by atoms with Crippen molar-refractivity contribution in [3.05, 3.63) is 46.5 Å². The monoisotopic (exact) mass is 744 g/mol. The molecule has 6 N–H and O–H groups in total. The van der Waals surface area contributed by atoms with Gasteiger partial charge in [-0.15, -0.1) is 0 Å². The first-order valence-electron chi connectivity index (χ1n) is 20.2. The Hall–Kier alpha value is -3.42. The number of nitrogens with zero attached hydrogens (tertiary/aromatic N) is 2. The predicted molar refractivity (Wildman–Crippen MR) is 191 cm³/mol. The molecule has 2 unspecified atom stereocenters. The van der Waals surface area contributed by atoms with E-state index in [9.17, 15) is 40.2 Å². The van der Waals surface area contributed by atoms with E-state index >= 15 is 0 Å². The highest BCUT2D eigenvalue weighted by Crippen LogP contribution is 2.70. The van der Waals surface area contributed by atoms with E-state index in [1.54, 1.807) is 12.1 Å². The van der Waals surface area contributed by atoms with Gasteiger partial charge >= 0.3 is 5.97 Å². The Labute approximate surface area is 314 Å². The number of rotatable bonds is 5. The number of phenols is 2. The average Bonchev–Trinajstić information content (AvgIpc) is 4.02. The molecule has 4 heterocycles. The van der Waals surface area contributed by atoms with Crippen molar-refractivity contribution in [3.8, 4) is 23.0 Å². The maximum absolute atomic E-state index is 12.8. The highest BCUT2D eigenvalue weighted by molar-refractivity contribution is 5.90. The van der Waals surface area contributed by atoms with Gasteiger partial charge in [0.25, 0.3) is 0 Å². The van der Waals surface area contributed by atoms with E-state index in [-0.39, 0.29) is 41.5 Å². The van der Waals surface area contributed by atoms with Crippen molar-refractivity contribution in [3.63, 3.8) is 0 Å². The first kappa shape index (κ1) is 33.9.